The Morgan fingerprint density at radius 3 is 2.78 bits per heavy atom. The number of sulfonamides is 1. The van der Waals surface area contributed by atoms with Crippen molar-refractivity contribution in [1.29, 1.82) is 0 Å². The molecule has 1 aliphatic rings. The molecule has 0 aliphatic carbocycles. The van der Waals surface area contributed by atoms with Gasteiger partial charge in [0.2, 0.25) is 5.95 Å². The number of ether oxygens (including phenoxy) is 1. The number of halogens is 1. The minimum absolute atomic E-state index is 0.0556. The third-order valence-electron chi connectivity index (χ3n) is 3.93. The zero-order chi connectivity index (χ0) is 16.7. The first kappa shape index (κ1) is 15.7. The molecule has 0 unspecified atom stereocenters. The van der Waals surface area contributed by atoms with Crippen molar-refractivity contribution >= 4 is 15.8 Å². The van der Waals surface area contributed by atoms with Gasteiger partial charge in [0.05, 0.1) is 11.5 Å². The van der Waals surface area contributed by atoms with E-state index in [1.54, 1.807) is 6.07 Å². The largest absolute Gasteiger partial charge is 0.493 e. The van der Waals surface area contributed by atoms with Crippen molar-refractivity contribution in [2.24, 2.45) is 0 Å². The van der Waals surface area contributed by atoms with Crippen LogP contribution in [-0.4, -0.2) is 20.0 Å². The summed E-state index contributed by atoms with van der Waals surface area (Å²) in [6.45, 7) is 4.73. The number of hydrogen-bond acceptors (Lipinski definition) is 4. The van der Waals surface area contributed by atoms with Gasteiger partial charge in [-0.3, -0.25) is 4.72 Å². The van der Waals surface area contributed by atoms with Gasteiger partial charge in [0.15, 0.2) is 0 Å². The molecule has 2 aromatic rings. The monoisotopic (exact) mass is 336 g/mol. The number of hydrogen-bond donors (Lipinski definition) is 1. The van der Waals surface area contributed by atoms with Crippen molar-refractivity contribution in [3.05, 3.63) is 47.9 Å². The first-order valence-electron chi connectivity index (χ1n) is 7.21. The Hall–Kier alpha value is -2.15. The van der Waals surface area contributed by atoms with E-state index in [9.17, 15) is 12.8 Å². The summed E-state index contributed by atoms with van der Waals surface area (Å²) in [6.07, 6.45) is 0.873. The smallest absolute Gasteiger partial charge is 0.263 e. The molecule has 1 aliphatic heterocycles. The molecule has 122 valence electrons. The first-order valence-corrected chi connectivity index (χ1v) is 8.69. The van der Waals surface area contributed by atoms with Crippen LogP contribution in [-0.2, 0) is 15.4 Å². The summed E-state index contributed by atoms with van der Waals surface area (Å²) in [4.78, 5) is 3.56. The highest BCUT2D eigenvalue weighted by Crippen LogP contribution is 2.39. The normalized spacial score (nSPS) is 16.3. The lowest BCUT2D eigenvalue weighted by molar-refractivity contribution is 0.233. The van der Waals surface area contributed by atoms with E-state index < -0.39 is 16.0 Å². The van der Waals surface area contributed by atoms with Gasteiger partial charge in [-0.05, 0) is 35.6 Å². The van der Waals surface area contributed by atoms with Crippen molar-refractivity contribution in [3.8, 4) is 5.75 Å². The molecule has 2 heterocycles. The van der Waals surface area contributed by atoms with Gasteiger partial charge < -0.3 is 4.74 Å². The molecule has 0 spiro atoms. The van der Waals surface area contributed by atoms with E-state index in [2.05, 4.69) is 23.6 Å². The Morgan fingerprint density at radius 2 is 2.04 bits per heavy atom. The number of rotatable bonds is 3. The summed E-state index contributed by atoms with van der Waals surface area (Å²) in [7, 11) is -3.86. The van der Waals surface area contributed by atoms with Gasteiger partial charge in [-0.2, -0.15) is 4.39 Å². The predicted molar refractivity (Wildman–Crippen MR) is 84.6 cm³/mol. The van der Waals surface area contributed by atoms with Gasteiger partial charge >= 0.3 is 0 Å². The highest BCUT2D eigenvalue weighted by molar-refractivity contribution is 7.92. The van der Waals surface area contributed by atoms with Crippen LogP contribution in [0.3, 0.4) is 0 Å². The standard InChI is InChI=1S/C16H17FN2O3S/c1-16(2)8-9-22-13-10-11(6-7-12(13)16)23(20,21)19-15-5-3-4-14(17)18-15/h3-7,10H,8-9H2,1-2H3,(H,18,19). The third-order valence-corrected chi connectivity index (χ3v) is 5.28. The maximum atomic E-state index is 13.1. The molecule has 0 radical (unpaired) electrons. The van der Waals surface area contributed by atoms with Crippen molar-refractivity contribution < 1.29 is 17.5 Å². The number of benzene rings is 1. The molecule has 1 aromatic carbocycles. The predicted octanol–water partition coefficient (Wildman–Crippen LogP) is 3.08. The number of aromatic nitrogens is 1. The summed E-state index contributed by atoms with van der Waals surface area (Å²) in [5, 5.41) is 0. The van der Waals surface area contributed by atoms with Crippen molar-refractivity contribution in [2.75, 3.05) is 11.3 Å². The Bertz CT molecular complexity index is 850. The highest BCUT2D eigenvalue weighted by Gasteiger charge is 2.30. The van der Waals surface area contributed by atoms with E-state index in [4.69, 9.17) is 4.74 Å². The zero-order valence-corrected chi connectivity index (χ0v) is 13.7. The second-order valence-electron chi connectivity index (χ2n) is 6.09. The van der Waals surface area contributed by atoms with Crippen LogP contribution in [0.5, 0.6) is 5.75 Å². The fourth-order valence-corrected chi connectivity index (χ4v) is 3.58. The highest BCUT2D eigenvalue weighted by atomic mass is 32.2. The maximum Gasteiger partial charge on any atom is 0.263 e. The van der Waals surface area contributed by atoms with Crippen molar-refractivity contribution in [1.82, 2.24) is 4.98 Å². The molecule has 0 saturated carbocycles. The second kappa shape index (κ2) is 5.49. The minimum atomic E-state index is -3.86. The fraction of sp³-hybridized carbons (Fsp3) is 0.312. The molecular formula is C16H17FN2O3S. The Balaban J connectivity index is 1.95. The van der Waals surface area contributed by atoms with Crippen LogP contribution < -0.4 is 9.46 Å². The molecule has 5 nitrogen and oxygen atoms in total. The van der Waals surface area contributed by atoms with E-state index >= 15 is 0 Å². The maximum absolute atomic E-state index is 13.1. The molecule has 0 saturated heterocycles. The number of nitrogens with one attached hydrogen (secondary N) is 1. The zero-order valence-electron chi connectivity index (χ0n) is 12.8. The molecule has 3 rings (SSSR count). The first-order chi connectivity index (χ1) is 10.8. The van der Waals surface area contributed by atoms with Gasteiger partial charge in [-0.1, -0.05) is 26.0 Å². The van der Waals surface area contributed by atoms with Gasteiger partial charge in [0.25, 0.3) is 10.0 Å². The van der Waals surface area contributed by atoms with Crippen LogP contribution >= 0.6 is 0 Å². The summed E-state index contributed by atoms with van der Waals surface area (Å²) in [5.41, 5.74) is 0.916. The summed E-state index contributed by atoms with van der Waals surface area (Å²) in [6, 6.07) is 8.71. The lowest BCUT2D eigenvalue weighted by Gasteiger charge is -2.32. The quantitative estimate of drug-likeness (QED) is 0.875. The van der Waals surface area contributed by atoms with Crippen molar-refractivity contribution in [3.63, 3.8) is 0 Å². The average Bonchev–Trinajstić information content (AvgIpc) is 2.46. The van der Waals surface area contributed by atoms with Crippen LogP contribution in [0.4, 0.5) is 10.2 Å². The number of anilines is 1. The molecule has 7 heteroatoms. The van der Waals surface area contributed by atoms with Crippen LogP contribution in [0.15, 0.2) is 41.3 Å². The average molecular weight is 336 g/mol. The van der Waals surface area contributed by atoms with Gasteiger partial charge in [-0.25, -0.2) is 13.4 Å². The Kier molecular flexibility index (Phi) is 3.75. The number of fused-ring (bicyclic) bond motifs is 1. The van der Waals surface area contributed by atoms with Gasteiger partial charge in [0.1, 0.15) is 11.6 Å². The van der Waals surface area contributed by atoms with Gasteiger partial charge in [0, 0.05) is 6.07 Å². The molecular weight excluding hydrogens is 319 g/mol. The number of pyridine rings is 1. The SMILES string of the molecule is CC1(C)CCOc2cc(S(=O)(=O)Nc3cccc(F)n3)ccc21. The lowest BCUT2D eigenvalue weighted by Crippen LogP contribution is -2.27. The summed E-state index contributed by atoms with van der Waals surface area (Å²) in [5.74, 6) is -0.249. The van der Waals surface area contributed by atoms with Crippen molar-refractivity contribution in [2.45, 2.75) is 30.6 Å². The molecule has 1 aromatic heterocycles. The molecule has 23 heavy (non-hydrogen) atoms. The lowest BCUT2D eigenvalue weighted by atomic mass is 9.80. The third kappa shape index (κ3) is 3.14. The molecule has 0 atom stereocenters. The number of nitrogens with zero attached hydrogens (tertiary/aromatic N) is 1. The summed E-state index contributed by atoms with van der Waals surface area (Å²) < 4.78 is 45.8. The van der Waals surface area contributed by atoms with E-state index in [-0.39, 0.29) is 16.1 Å². The summed E-state index contributed by atoms with van der Waals surface area (Å²) >= 11 is 0. The Morgan fingerprint density at radius 1 is 1.26 bits per heavy atom. The van der Waals surface area contributed by atoms with Gasteiger partial charge in [-0.15, -0.1) is 0 Å². The van der Waals surface area contributed by atoms with Crippen LogP contribution in [0.1, 0.15) is 25.8 Å². The Labute approximate surface area is 134 Å². The van der Waals surface area contributed by atoms with E-state index in [0.717, 1.165) is 18.1 Å². The topological polar surface area (TPSA) is 68.3 Å². The molecule has 0 bridgehead atoms. The molecule has 0 fully saturated rings. The minimum Gasteiger partial charge on any atom is -0.493 e. The molecule has 1 N–H and O–H groups in total. The van der Waals surface area contributed by atoms with E-state index in [1.165, 1.54) is 24.3 Å². The van der Waals surface area contributed by atoms with Crippen LogP contribution in [0.2, 0.25) is 0 Å². The van der Waals surface area contributed by atoms with Crippen LogP contribution in [0, 0.1) is 5.95 Å². The van der Waals surface area contributed by atoms with Crippen LogP contribution in [0.25, 0.3) is 0 Å². The van der Waals surface area contributed by atoms with E-state index in [1.807, 2.05) is 0 Å². The second-order valence-corrected chi connectivity index (χ2v) is 7.77. The molecule has 0 amide bonds. The fourth-order valence-electron chi connectivity index (χ4n) is 2.56. The van der Waals surface area contributed by atoms with E-state index in [0.29, 0.717) is 12.4 Å².